The zero-order chi connectivity index (χ0) is 11.2. The normalized spacial score (nSPS) is 12.1. The number of hydrogen-bond acceptors (Lipinski definition) is 1. The molecule has 17 heavy (non-hydrogen) atoms. The Morgan fingerprint density at radius 3 is 1.94 bits per heavy atom. The van der Waals surface area contributed by atoms with Crippen molar-refractivity contribution in [1.82, 2.24) is 0 Å². The second-order valence-electron chi connectivity index (χ2n) is 3.60. The van der Waals surface area contributed by atoms with E-state index in [1.807, 2.05) is 66.7 Å². The summed E-state index contributed by atoms with van der Waals surface area (Å²) in [6.07, 6.45) is 2.76. The van der Waals surface area contributed by atoms with Crippen molar-refractivity contribution in [3.63, 3.8) is 0 Å². The van der Waals surface area contributed by atoms with Crippen LogP contribution in [0.5, 0.6) is 0 Å². The molecule has 1 atom stereocenters. The van der Waals surface area contributed by atoms with Gasteiger partial charge in [0.1, 0.15) is 0 Å². The maximum atomic E-state index is 11.8. The first-order chi connectivity index (χ1) is 7.86. The summed E-state index contributed by atoms with van der Waals surface area (Å²) in [7, 11) is 0. The fourth-order valence-electron chi connectivity index (χ4n) is 1.52. The SMILES string of the molecule is [Li+].[O-]C(/C=C/c1ccccc1)c1ccccc1. The molecule has 2 rings (SSSR count). The first-order valence-corrected chi connectivity index (χ1v) is 5.30. The van der Waals surface area contributed by atoms with Gasteiger partial charge in [-0.15, -0.1) is 0 Å². The van der Waals surface area contributed by atoms with Gasteiger partial charge in [-0.1, -0.05) is 84.5 Å². The molecule has 0 radical (unpaired) electrons. The van der Waals surface area contributed by atoms with E-state index in [4.69, 9.17) is 0 Å². The topological polar surface area (TPSA) is 23.1 Å². The molecule has 2 heteroatoms. The van der Waals surface area contributed by atoms with Gasteiger partial charge in [0, 0.05) is 0 Å². The molecule has 0 aliphatic rings. The summed E-state index contributed by atoms with van der Waals surface area (Å²) in [6.45, 7) is 0. The summed E-state index contributed by atoms with van der Waals surface area (Å²) in [4.78, 5) is 0. The van der Waals surface area contributed by atoms with Gasteiger partial charge in [0.2, 0.25) is 0 Å². The monoisotopic (exact) mass is 216 g/mol. The van der Waals surface area contributed by atoms with Crippen LogP contribution in [0.25, 0.3) is 6.08 Å². The summed E-state index contributed by atoms with van der Waals surface area (Å²) in [5.74, 6) is 0. The van der Waals surface area contributed by atoms with Crippen LogP contribution >= 0.6 is 0 Å². The van der Waals surface area contributed by atoms with Crippen LogP contribution < -0.4 is 24.0 Å². The molecule has 1 nitrogen and oxygen atoms in total. The summed E-state index contributed by atoms with van der Waals surface area (Å²) < 4.78 is 0. The Kier molecular flexibility index (Phi) is 5.80. The molecule has 2 aromatic carbocycles. The fourth-order valence-corrected chi connectivity index (χ4v) is 1.52. The van der Waals surface area contributed by atoms with Crippen molar-refractivity contribution in [3.05, 3.63) is 77.9 Å². The van der Waals surface area contributed by atoms with Crippen molar-refractivity contribution in [3.8, 4) is 0 Å². The van der Waals surface area contributed by atoms with Crippen LogP contribution in [-0.2, 0) is 0 Å². The number of hydrogen-bond donors (Lipinski definition) is 0. The average Bonchev–Trinajstić information content (AvgIpc) is 2.38. The third kappa shape index (κ3) is 4.24. The minimum absolute atomic E-state index is 0. The van der Waals surface area contributed by atoms with Gasteiger partial charge in [-0.3, -0.25) is 0 Å². The fraction of sp³-hybridized carbons (Fsp3) is 0.0667. The van der Waals surface area contributed by atoms with Crippen LogP contribution in [0.4, 0.5) is 0 Å². The third-order valence-corrected chi connectivity index (χ3v) is 2.39. The Bertz CT molecular complexity index is 451. The summed E-state index contributed by atoms with van der Waals surface area (Å²) in [5.41, 5.74) is 1.86. The predicted molar refractivity (Wildman–Crippen MR) is 64.7 cm³/mol. The molecule has 0 aliphatic heterocycles. The van der Waals surface area contributed by atoms with Gasteiger partial charge >= 0.3 is 18.9 Å². The van der Waals surface area contributed by atoms with Gasteiger partial charge < -0.3 is 5.11 Å². The second kappa shape index (κ2) is 7.14. The van der Waals surface area contributed by atoms with Gasteiger partial charge in [-0.25, -0.2) is 0 Å². The molecular weight excluding hydrogens is 203 g/mol. The van der Waals surface area contributed by atoms with Crippen molar-refractivity contribution in [2.24, 2.45) is 0 Å². The van der Waals surface area contributed by atoms with Crippen molar-refractivity contribution < 1.29 is 24.0 Å². The van der Waals surface area contributed by atoms with Gasteiger partial charge in [0.25, 0.3) is 0 Å². The number of benzene rings is 2. The van der Waals surface area contributed by atoms with E-state index in [2.05, 4.69) is 0 Å². The molecular formula is C15H13LiO. The molecule has 0 fully saturated rings. The Labute approximate surface area is 114 Å². The van der Waals surface area contributed by atoms with Crippen molar-refractivity contribution in [1.29, 1.82) is 0 Å². The Morgan fingerprint density at radius 2 is 1.35 bits per heavy atom. The Hall–Kier alpha value is -1.26. The van der Waals surface area contributed by atoms with E-state index in [9.17, 15) is 5.11 Å². The van der Waals surface area contributed by atoms with E-state index in [1.165, 1.54) is 0 Å². The van der Waals surface area contributed by atoms with Gasteiger partial charge in [-0.2, -0.15) is 0 Å². The first kappa shape index (κ1) is 13.8. The van der Waals surface area contributed by atoms with Gasteiger partial charge in [0.05, 0.1) is 0 Å². The maximum Gasteiger partial charge on any atom is 1.00 e. The Balaban J connectivity index is 0.00000144. The minimum atomic E-state index is -0.790. The molecule has 0 aliphatic carbocycles. The quantitative estimate of drug-likeness (QED) is 0.652. The van der Waals surface area contributed by atoms with E-state index >= 15 is 0 Å². The zero-order valence-corrected chi connectivity index (χ0v) is 9.91. The summed E-state index contributed by atoms with van der Waals surface area (Å²) in [5, 5.41) is 11.8. The maximum absolute atomic E-state index is 11.8. The molecule has 0 heterocycles. The van der Waals surface area contributed by atoms with Crippen LogP contribution in [0.1, 0.15) is 17.2 Å². The average molecular weight is 216 g/mol. The smallest absolute Gasteiger partial charge is 0.846 e. The number of rotatable bonds is 3. The molecule has 0 saturated heterocycles. The molecule has 0 N–H and O–H groups in total. The van der Waals surface area contributed by atoms with Crippen LogP contribution in [0.2, 0.25) is 0 Å². The summed E-state index contributed by atoms with van der Waals surface area (Å²) >= 11 is 0. The van der Waals surface area contributed by atoms with E-state index in [-0.39, 0.29) is 18.9 Å². The van der Waals surface area contributed by atoms with Crippen LogP contribution in [-0.4, -0.2) is 0 Å². The van der Waals surface area contributed by atoms with Crippen molar-refractivity contribution in [2.45, 2.75) is 6.10 Å². The standard InChI is InChI=1S/C15H13O.Li/c16-15(14-9-5-2-6-10-14)12-11-13-7-3-1-4-8-13;/h1-12,15H;/q-1;+1/b12-11+;. The van der Waals surface area contributed by atoms with Crippen LogP contribution in [0.3, 0.4) is 0 Å². The van der Waals surface area contributed by atoms with Crippen LogP contribution in [0.15, 0.2) is 66.7 Å². The second-order valence-corrected chi connectivity index (χ2v) is 3.60. The van der Waals surface area contributed by atoms with E-state index in [0.29, 0.717) is 0 Å². The molecule has 0 amide bonds. The van der Waals surface area contributed by atoms with Crippen molar-refractivity contribution >= 4 is 6.08 Å². The van der Waals surface area contributed by atoms with E-state index in [1.54, 1.807) is 6.08 Å². The van der Waals surface area contributed by atoms with E-state index < -0.39 is 6.10 Å². The van der Waals surface area contributed by atoms with Crippen LogP contribution in [0, 0.1) is 0 Å². The first-order valence-electron chi connectivity index (χ1n) is 5.30. The third-order valence-electron chi connectivity index (χ3n) is 2.39. The molecule has 0 aromatic heterocycles. The molecule has 0 spiro atoms. The molecule has 0 bridgehead atoms. The predicted octanol–water partition coefficient (Wildman–Crippen LogP) is -0.195. The van der Waals surface area contributed by atoms with E-state index in [0.717, 1.165) is 11.1 Å². The molecule has 0 saturated carbocycles. The summed E-state index contributed by atoms with van der Waals surface area (Å²) in [6, 6.07) is 19.2. The van der Waals surface area contributed by atoms with Gasteiger partial charge in [-0.05, 0) is 5.56 Å². The molecule has 80 valence electrons. The Morgan fingerprint density at radius 1 is 0.824 bits per heavy atom. The molecule has 1 unspecified atom stereocenters. The minimum Gasteiger partial charge on any atom is -0.846 e. The molecule has 2 aromatic rings. The van der Waals surface area contributed by atoms with Gasteiger partial charge in [0.15, 0.2) is 0 Å². The zero-order valence-electron chi connectivity index (χ0n) is 9.91. The van der Waals surface area contributed by atoms with Crippen molar-refractivity contribution in [2.75, 3.05) is 0 Å². The largest absolute Gasteiger partial charge is 1.00 e.